The van der Waals surface area contributed by atoms with E-state index in [4.69, 9.17) is 0 Å². The first kappa shape index (κ1) is 21.4. The molecule has 0 spiro atoms. The van der Waals surface area contributed by atoms with E-state index in [0.717, 1.165) is 38.0 Å². The van der Waals surface area contributed by atoms with Gasteiger partial charge in [0.15, 0.2) is 0 Å². The summed E-state index contributed by atoms with van der Waals surface area (Å²) < 4.78 is 0. The largest absolute Gasteiger partial charge is 0.304 e. The molecular weight excluding hydrogens is 316 g/mol. The van der Waals surface area contributed by atoms with Crippen molar-refractivity contribution in [1.82, 2.24) is 9.80 Å². The fourth-order valence-electron chi connectivity index (χ4n) is 5.01. The number of nitrogens with zero attached hydrogens (tertiary/aromatic N) is 2. The van der Waals surface area contributed by atoms with Crippen molar-refractivity contribution < 1.29 is 0 Å². The second kappa shape index (κ2) is 11.8. The zero-order valence-electron chi connectivity index (χ0n) is 17.8. The Labute approximate surface area is 163 Å². The van der Waals surface area contributed by atoms with Crippen LogP contribution in [-0.2, 0) is 0 Å². The Hall–Kier alpha value is -0.860. The third-order valence-electron chi connectivity index (χ3n) is 6.62. The van der Waals surface area contributed by atoms with Crippen molar-refractivity contribution >= 4 is 0 Å². The minimum Gasteiger partial charge on any atom is -0.304 e. The van der Waals surface area contributed by atoms with Crippen molar-refractivity contribution in [2.45, 2.75) is 65.7 Å². The van der Waals surface area contributed by atoms with Gasteiger partial charge in [-0.3, -0.25) is 0 Å². The van der Waals surface area contributed by atoms with E-state index in [1.807, 2.05) is 0 Å². The third-order valence-corrected chi connectivity index (χ3v) is 6.62. The van der Waals surface area contributed by atoms with Crippen LogP contribution in [0.15, 0.2) is 30.3 Å². The molecule has 1 aliphatic carbocycles. The van der Waals surface area contributed by atoms with E-state index in [2.05, 4.69) is 67.8 Å². The Morgan fingerprint density at radius 2 is 1.27 bits per heavy atom. The Bertz CT molecular complexity index is 444. The van der Waals surface area contributed by atoms with Gasteiger partial charge < -0.3 is 9.80 Å². The Balaban J connectivity index is 2.31. The third kappa shape index (κ3) is 6.09. The zero-order valence-corrected chi connectivity index (χ0v) is 17.8. The number of benzene rings is 1. The quantitative estimate of drug-likeness (QED) is 0.504. The van der Waals surface area contributed by atoms with Crippen LogP contribution in [0.25, 0.3) is 0 Å². The van der Waals surface area contributed by atoms with Crippen molar-refractivity contribution in [1.29, 1.82) is 0 Å². The molecule has 0 amide bonds. The summed E-state index contributed by atoms with van der Waals surface area (Å²) in [6, 6.07) is 11.5. The predicted octanol–water partition coefficient (Wildman–Crippen LogP) is 5.65. The summed E-state index contributed by atoms with van der Waals surface area (Å²) in [6.07, 6.45) is 7.14. The maximum absolute atomic E-state index is 2.65. The molecule has 0 bridgehead atoms. The fraction of sp³-hybridized carbons (Fsp3) is 0.750. The number of rotatable bonds is 11. The van der Waals surface area contributed by atoms with Crippen LogP contribution in [0.2, 0.25) is 0 Å². The van der Waals surface area contributed by atoms with E-state index in [1.165, 1.54) is 45.2 Å². The molecule has 1 saturated carbocycles. The first-order chi connectivity index (χ1) is 12.7. The Morgan fingerprint density at radius 3 is 1.73 bits per heavy atom. The Morgan fingerprint density at radius 1 is 0.769 bits per heavy atom. The molecular formula is C24H42N2. The van der Waals surface area contributed by atoms with E-state index >= 15 is 0 Å². The monoisotopic (exact) mass is 358 g/mol. The lowest BCUT2D eigenvalue weighted by molar-refractivity contribution is 0.137. The molecule has 0 N–H and O–H groups in total. The highest BCUT2D eigenvalue weighted by molar-refractivity contribution is 5.22. The summed E-state index contributed by atoms with van der Waals surface area (Å²) in [6.45, 7) is 16.4. The maximum Gasteiger partial charge on any atom is 0.00276 e. The van der Waals surface area contributed by atoms with E-state index in [-0.39, 0.29) is 0 Å². The topological polar surface area (TPSA) is 6.48 Å². The zero-order chi connectivity index (χ0) is 18.8. The van der Waals surface area contributed by atoms with Crippen LogP contribution in [0.5, 0.6) is 0 Å². The maximum atomic E-state index is 2.65. The van der Waals surface area contributed by atoms with Crippen LogP contribution in [0.4, 0.5) is 0 Å². The summed E-state index contributed by atoms with van der Waals surface area (Å²) >= 11 is 0. The van der Waals surface area contributed by atoms with Crippen molar-refractivity contribution in [3.8, 4) is 0 Å². The molecule has 0 heterocycles. The Kier molecular flexibility index (Phi) is 9.71. The van der Waals surface area contributed by atoms with Gasteiger partial charge in [0.2, 0.25) is 0 Å². The van der Waals surface area contributed by atoms with Gasteiger partial charge in [-0.15, -0.1) is 0 Å². The lowest BCUT2D eigenvalue weighted by Gasteiger charge is -2.40. The molecule has 1 unspecified atom stereocenters. The summed E-state index contributed by atoms with van der Waals surface area (Å²) in [4.78, 5) is 5.29. The molecule has 1 fully saturated rings. The van der Waals surface area contributed by atoms with E-state index < -0.39 is 0 Å². The van der Waals surface area contributed by atoms with Crippen LogP contribution >= 0.6 is 0 Å². The van der Waals surface area contributed by atoms with Crippen molar-refractivity contribution in [2.24, 2.45) is 11.8 Å². The summed E-state index contributed by atoms with van der Waals surface area (Å²) in [5.74, 6) is 2.29. The molecule has 0 aromatic heterocycles. The van der Waals surface area contributed by atoms with Crippen molar-refractivity contribution in [3.05, 3.63) is 35.9 Å². The molecule has 0 radical (unpaired) electrons. The van der Waals surface area contributed by atoms with Crippen LogP contribution < -0.4 is 0 Å². The first-order valence-corrected chi connectivity index (χ1v) is 11.2. The standard InChI is InChI=1S/C24H42N2/c1-5-25(6-2)19-23(20-26(7-3)8-4)24(21-15-11-9-12-16-21)22-17-13-10-14-18-22/h9,11-12,15-16,22-24H,5-8,10,13-14,17-20H2,1-4H3. The number of hydrogen-bond acceptors (Lipinski definition) is 2. The molecule has 2 heteroatoms. The molecule has 1 aromatic rings. The van der Waals surface area contributed by atoms with Gasteiger partial charge >= 0.3 is 0 Å². The molecule has 26 heavy (non-hydrogen) atoms. The van der Waals surface area contributed by atoms with Gasteiger partial charge in [-0.2, -0.15) is 0 Å². The minimum absolute atomic E-state index is 0.706. The molecule has 1 aliphatic rings. The highest BCUT2D eigenvalue weighted by Crippen LogP contribution is 2.41. The second-order valence-corrected chi connectivity index (χ2v) is 8.07. The molecule has 0 saturated heterocycles. The van der Waals surface area contributed by atoms with Gasteiger partial charge in [0.05, 0.1) is 0 Å². The molecule has 1 aromatic carbocycles. The highest BCUT2D eigenvalue weighted by Gasteiger charge is 2.33. The predicted molar refractivity (Wildman–Crippen MR) is 115 cm³/mol. The van der Waals surface area contributed by atoms with Crippen LogP contribution in [0.1, 0.15) is 71.3 Å². The summed E-state index contributed by atoms with van der Waals surface area (Å²) in [5, 5.41) is 0. The van der Waals surface area contributed by atoms with Gasteiger partial charge in [-0.1, -0.05) is 77.3 Å². The SMILES string of the molecule is CCN(CC)CC(CN(CC)CC)C(c1ccccc1)C1CCCCC1. The molecule has 148 valence electrons. The van der Waals surface area contributed by atoms with Crippen LogP contribution in [0, 0.1) is 11.8 Å². The van der Waals surface area contributed by atoms with Gasteiger partial charge in [0.1, 0.15) is 0 Å². The lowest BCUT2D eigenvalue weighted by Crippen LogP contribution is -2.41. The van der Waals surface area contributed by atoms with Gasteiger partial charge in [-0.25, -0.2) is 0 Å². The first-order valence-electron chi connectivity index (χ1n) is 11.2. The van der Waals surface area contributed by atoms with E-state index in [0.29, 0.717) is 5.92 Å². The minimum atomic E-state index is 0.706. The molecule has 2 rings (SSSR count). The van der Waals surface area contributed by atoms with Crippen LogP contribution in [-0.4, -0.2) is 49.1 Å². The molecule has 0 aliphatic heterocycles. The lowest BCUT2D eigenvalue weighted by atomic mass is 9.70. The smallest absolute Gasteiger partial charge is 0.00276 e. The van der Waals surface area contributed by atoms with Gasteiger partial charge in [0, 0.05) is 13.1 Å². The highest BCUT2D eigenvalue weighted by atomic mass is 15.1. The van der Waals surface area contributed by atoms with Crippen LogP contribution in [0.3, 0.4) is 0 Å². The average Bonchev–Trinajstić information content (AvgIpc) is 2.71. The molecule has 2 nitrogen and oxygen atoms in total. The van der Waals surface area contributed by atoms with Gasteiger partial charge in [0.25, 0.3) is 0 Å². The fourth-order valence-corrected chi connectivity index (χ4v) is 5.01. The average molecular weight is 359 g/mol. The number of hydrogen-bond donors (Lipinski definition) is 0. The normalized spacial score (nSPS) is 17.3. The summed E-state index contributed by atoms with van der Waals surface area (Å²) in [7, 11) is 0. The second-order valence-electron chi connectivity index (χ2n) is 8.07. The van der Waals surface area contributed by atoms with E-state index in [9.17, 15) is 0 Å². The van der Waals surface area contributed by atoms with Crippen molar-refractivity contribution in [3.63, 3.8) is 0 Å². The van der Waals surface area contributed by atoms with Gasteiger partial charge in [-0.05, 0) is 62.3 Å². The van der Waals surface area contributed by atoms with Crippen molar-refractivity contribution in [2.75, 3.05) is 39.3 Å². The summed E-state index contributed by atoms with van der Waals surface area (Å²) in [5.41, 5.74) is 1.59. The molecule has 1 atom stereocenters. The van der Waals surface area contributed by atoms with E-state index in [1.54, 1.807) is 5.56 Å².